The van der Waals surface area contributed by atoms with Crippen molar-refractivity contribution in [1.29, 1.82) is 0 Å². The second kappa shape index (κ2) is 12.6. The molecule has 0 amide bonds. The third-order valence-corrected chi connectivity index (χ3v) is 4.86. The second-order valence-corrected chi connectivity index (χ2v) is 7.13. The zero-order valence-electron chi connectivity index (χ0n) is 16.0. The Hall–Kier alpha value is -1.70. The molecule has 0 heterocycles. The van der Waals surface area contributed by atoms with Gasteiger partial charge >= 0.3 is 13.3 Å². The molecule has 1 unspecified atom stereocenters. The van der Waals surface area contributed by atoms with Crippen LogP contribution in [0.4, 0.5) is 0 Å². The van der Waals surface area contributed by atoms with Gasteiger partial charge in [0.25, 0.3) is 0 Å². The lowest BCUT2D eigenvalue weighted by Gasteiger charge is -2.19. The predicted octanol–water partition coefficient (Wildman–Crippen LogP) is 1.14. The molecule has 2 rings (SSSR count). The van der Waals surface area contributed by atoms with Crippen molar-refractivity contribution in [3.63, 3.8) is 0 Å². The molecule has 0 saturated heterocycles. The lowest BCUT2D eigenvalue weighted by Crippen LogP contribution is -2.36. The SMILES string of the molecule is COc1ccc(CC2(NCCC(N)CCCCB(O)O)CC2)cc1.O=C=O. The minimum absolute atomic E-state index is 0.185. The molecule has 1 atom stereocenters. The molecule has 1 aromatic rings. The van der Waals surface area contributed by atoms with Crippen LogP contribution in [0.3, 0.4) is 0 Å². The third-order valence-electron chi connectivity index (χ3n) is 4.86. The summed E-state index contributed by atoms with van der Waals surface area (Å²) in [6.45, 7) is 0.944. The average Bonchev–Trinajstić information content (AvgIpc) is 3.39. The fourth-order valence-corrected chi connectivity index (χ4v) is 3.10. The van der Waals surface area contributed by atoms with Gasteiger partial charge in [0.1, 0.15) is 5.75 Å². The van der Waals surface area contributed by atoms with Crippen molar-refractivity contribution >= 4 is 13.3 Å². The minimum atomic E-state index is -1.18. The normalized spacial score (nSPS) is 15.1. The topological polar surface area (TPSA) is 122 Å². The monoisotopic (exact) mass is 378 g/mol. The molecule has 1 aliphatic rings. The Morgan fingerprint density at radius 1 is 1.22 bits per heavy atom. The van der Waals surface area contributed by atoms with Crippen LogP contribution >= 0.6 is 0 Å². The zero-order valence-corrected chi connectivity index (χ0v) is 16.0. The highest BCUT2D eigenvalue weighted by molar-refractivity contribution is 6.40. The first kappa shape index (κ1) is 23.3. The molecule has 1 aliphatic carbocycles. The Bertz CT molecular complexity index is 558. The molecule has 8 heteroatoms. The molecule has 27 heavy (non-hydrogen) atoms. The van der Waals surface area contributed by atoms with Crippen LogP contribution in [0.5, 0.6) is 5.75 Å². The largest absolute Gasteiger partial charge is 0.497 e. The number of hydrogen-bond acceptors (Lipinski definition) is 7. The first-order chi connectivity index (χ1) is 12.9. The Balaban J connectivity index is 0.00000114. The van der Waals surface area contributed by atoms with Crippen LogP contribution in [0.25, 0.3) is 0 Å². The van der Waals surface area contributed by atoms with E-state index in [0.29, 0.717) is 6.32 Å². The van der Waals surface area contributed by atoms with Gasteiger partial charge in [-0.2, -0.15) is 9.59 Å². The highest BCUT2D eigenvalue weighted by Crippen LogP contribution is 2.38. The quantitative estimate of drug-likeness (QED) is 0.318. The van der Waals surface area contributed by atoms with Gasteiger partial charge in [-0.25, -0.2) is 0 Å². The number of carbonyl (C=O) groups excluding carboxylic acids is 2. The van der Waals surface area contributed by atoms with Gasteiger partial charge in [-0.1, -0.05) is 25.0 Å². The van der Waals surface area contributed by atoms with Gasteiger partial charge in [0.2, 0.25) is 0 Å². The Labute approximate surface area is 161 Å². The van der Waals surface area contributed by atoms with Crippen LogP contribution in [0.15, 0.2) is 24.3 Å². The molecule has 5 N–H and O–H groups in total. The molecule has 0 spiro atoms. The van der Waals surface area contributed by atoms with Crippen molar-refractivity contribution in [2.24, 2.45) is 5.73 Å². The van der Waals surface area contributed by atoms with Crippen LogP contribution in [0.1, 0.15) is 44.1 Å². The smallest absolute Gasteiger partial charge is 0.451 e. The summed E-state index contributed by atoms with van der Waals surface area (Å²) in [5.74, 6) is 0.899. The summed E-state index contributed by atoms with van der Waals surface area (Å²) in [5, 5.41) is 21.3. The Morgan fingerprint density at radius 2 is 1.85 bits per heavy atom. The number of nitrogens with two attached hydrogens (primary N) is 1. The van der Waals surface area contributed by atoms with E-state index in [0.717, 1.165) is 44.4 Å². The lowest BCUT2D eigenvalue weighted by atomic mass is 9.83. The van der Waals surface area contributed by atoms with E-state index in [4.69, 9.17) is 30.1 Å². The van der Waals surface area contributed by atoms with Gasteiger partial charge in [-0.3, -0.25) is 0 Å². The highest BCUT2D eigenvalue weighted by atomic mass is 16.5. The summed E-state index contributed by atoms with van der Waals surface area (Å²) in [6.07, 6.45) is 7.88. The molecule has 0 aromatic heterocycles. The van der Waals surface area contributed by atoms with Crippen LogP contribution in [0.2, 0.25) is 6.32 Å². The number of rotatable bonds is 12. The van der Waals surface area contributed by atoms with Crippen molar-refractivity contribution in [2.75, 3.05) is 13.7 Å². The van der Waals surface area contributed by atoms with Crippen molar-refractivity contribution in [1.82, 2.24) is 5.32 Å². The Kier molecular flexibility index (Phi) is 10.9. The fourth-order valence-electron chi connectivity index (χ4n) is 3.10. The summed E-state index contributed by atoms with van der Waals surface area (Å²) in [5.41, 5.74) is 7.75. The summed E-state index contributed by atoms with van der Waals surface area (Å²) in [4.78, 5) is 16.2. The Morgan fingerprint density at radius 3 is 2.37 bits per heavy atom. The molecule has 150 valence electrons. The summed E-state index contributed by atoms with van der Waals surface area (Å²) < 4.78 is 5.20. The summed E-state index contributed by atoms with van der Waals surface area (Å²) in [7, 11) is 0.504. The van der Waals surface area contributed by atoms with E-state index in [1.54, 1.807) is 7.11 Å². The number of hydrogen-bond donors (Lipinski definition) is 4. The number of ether oxygens (including phenoxy) is 1. The van der Waals surface area contributed by atoms with E-state index in [9.17, 15) is 0 Å². The van der Waals surface area contributed by atoms with Crippen molar-refractivity contribution in [3.05, 3.63) is 29.8 Å². The van der Waals surface area contributed by atoms with Gasteiger partial charge in [0, 0.05) is 11.6 Å². The van der Waals surface area contributed by atoms with Gasteiger partial charge in [0.15, 0.2) is 0 Å². The average molecular weight is 378 g/mol. The maximum atomic E-state index is 8.81. The summed E-state index contributed by atoms with van der Waals surface area (Å²) >= 11 is 0. The van der Waals surface area contributed by atoms with Crippen LogP contribution in [-0.2, 0) is 16.0 Å². The molecule has 0 aliphatic heterocycles. The van der Waals surface area contributed by atoms with E-state index >= 15 is 0 Å². The van der Waals surface area contributed by atoms with Crippen molar-refractivity contribution in [2.45, 2.75) is 62.8 Å². The first-order valence-electron chi connectivity index (χ1n) is 9.43. The minimum Gasteiger partial charge on any atom is -0.497 e. The number of unbranched alkanes of at least 4 members (excludes halogenated alkanes) is 1. The van der Waals surface area contributed by atoms with Gasteiger partial charge < -0.3 is 25.8 Å². The molecular weight excluding hydrogens is 347 g/mol. The van der Waals surface area contributed by atoms with E-state index < -0.39 is 7.12 Å². The van der Waals surface area contributed by atoms with Gasteiger partial charge in [0.05, 0.1) is 7.11 Å². The highest BCUT2D eigenvalue weighted by Gasteiger charge is 2.41. The van der Waals surface area contributed by atoms with Crippen LogP contribution in [-0.4, -0.2) is 48.6 Å². The van der Waals surface area contributed by atoms with Gasteiger partial charge in [-0.15, -0.1) is 0 Å². The maximum Gasteiger partial charge on any atom is 0.451 e. The van der Waals surface area contributed by atoms with Crippen molar-refractivity contribution in [3.8, 4) is 5.75 Å². The number of methoxy groups -OCH3 is 1. The van der Waals surface area contributed by atoms with E-state index in [1.807, 2.05) is 12.1 Å². The first-order valence-corrected chi connectivity index (χ1v) is 9.43. The van der Waals surface area contributed by atoms with E-state index in [-0.39, 0.29) is 17.7 Å². The van der Waals surface area contributed by atoms with Gasteiger partial charge in [-0.05, 0) is 62.7 Å². The molecule has 1 fully saturated rings. The molecule has 7 nitrogen and oxygen atoms in total. The molecule has 1 aromatic carbocycles. The third kappa shape index (κ3) is 10.3. The zero-order chi connectivity index (χ0) is 20.1. The maximum absolute atomic E-state index is 8.81. The molecule has 0 bridgehead atoms. The summed E-state index contributed by atoms with van der Waals surface area (Å²) in [6, 6.07) is 8.50. The lowest BCUT2D eigenvalue weighted by molar-refractivity contribution is -0.191. The van der Waals surface area contributed by atoms with Crippen LogP contribution in [0, 0.1) is 0 Å². The molecule has 1 saturated carbocycles. The number of nitrogens with one attached hydrogen (secondary N) is 1. The second-order valence-electron chi connectivity index (χ2n) is 7.13. The van der Waals surface area contributed by atoms with Crippen LogP contribution < -0.4 is 15.8 Å². The van der Waals surface area contributed by atoms with E-state index in [1.165, 1.54) is 18.4 Å². The fraction of sp³-hybridized carbons (Fsp3) is 0.632. The van der Waals surface area contributed by atoms with E-state index in [2.05, 4.69) is 17.4 Å². The molecule has 0 radical (unpaired) electrons. The molecular formula is C19H31BN2O5. The predicted molar refractivity (Wildman–Crippen MR) is 103 cm³/mol. The standard InChI is InChI=1S/C18H31BN2O3.CO2/c1-24-17-7-5-15(6-8-17)14-18(10-11-18)21-13-9-16(20)4-2-3-12-19(22)23;2-1-3/h5-8,16,21-23H,2-4,9-14,20H2,1H3;. The number of benzene rings is 1. The van der Waals surface area contributed by atoms with Crippen molar-refractivity contribution < 1.29 is 24.4 Å².